The van der Waals surface area contributed by atoms with Gasteiger partial charge in [-0.05, 0) is 6.92 Å². The molecule has 0 saturated heterocycles. The van der Waals surface area contributed by atoms with E-state index in [9.17, 15) is 0 Å². The van der Waals surface area contributed by atoms with Gasteiger partial charge in [-0.2, -0.15) is 0 Å². The van der Waals surface area contributed by atoms with Crippen molar-refractivity contribution < 1.29 is 4.74 Å². The van der Waals surface area contributed by atoms with E-state index in [1.54, 1.807) is 0 Å². The van der Waals surface area contributed by atoms with Crippen LogP contribution in [-0.2, 0) is 4.74 Å². The molecule has 0 rings (SSSR count). The molecule has 0 aromatic heterocycles. The minimum atomic E-state index is 0.232. The van der Waals surface area contributed by atoms with Crippen molar-refractivity contribution in [3.05, 3.63) is 12.3 Å². The fourth-order valence-electron chi connectivity index (χ4n) is 0.391. The molecular weight excluding hydrogens is 128 g/mol. The smallest absolute Gasteiger partial charge is 0.0906 e. The first-order chi connectivity index (χ1) is 3.98. The molecule has 0 bridgehead atoms. The molecule has 0 aliphatic carbocycles. The Kier molecular flexibility index (Phi) is 2.98. The minimum Gasteiger partial charge on any atom is -0.499 e. The van der Waals surface area contributed by atoms with E-state index in [-0.39, 0.29) is 5.04 Å². The van der Waals surface area contributed by atoms with Crippen molar-refractivity contribution in [3.8, 4) is 0 Å². The second-order valence-electron chi connectivity index (χ2n) is 3.11. The van der Waals surface area contributed by atoms with Gasteiger partial charge >= 0.3 is 0 Å². The molecule has 0 heterocycles. The van der Waals surface area contributed by atoms with Gasteiger partial charge in [-0.15, -0.1) is 0 Å². The second-order valence-corrected chi connectivity index (χ2v) is 5.61. The minimum absolute atomic E-state index is 0.232. The van der Waals surface area contributed by atoms with E-state index in [4.69, 9.17) is 4.74 Å². The molecule has 0 N–H and O–H groups in total. The molecule has 0 radical (unpaired) electrons. The van der Waals surface area contributed by atoms with Crippen LogP contribution in [0.15, 0.2) is 12.3 Å². The maximum atomic E-state index is 5.25. The third-order valence-corrected chi connectivity index (χ3v) is 1.71. The van der Waals surface area contributed by atoms with Crippen LogP contribution in [0.3, 0.4) is 0 Å². The van der Waals surface area contributed by atoms with Gasteiger partial charge in [-0.3, -0.25) is 0 Å². The molecule has 0 unspecified atom stereocenters. The predicted molar refractivity (Wildman–Crippen MR) is 44.7 cm³/mol. The molecule has 0 amide bonds. The summed E-state index contributed by atoms with van der Waals surface area (Å²) in [6.45, 7) is 10.9. The standard InChI is InChI=1S/C7H16OSi/c1-5-8-6(2)7(3,4)9/h2,5H2,1,3-4,9H3. The zero-order valence-corrected chi connectivity index (χ0v) is 8.82. The van der Waals surface area contributed by atoms with Gasteiger partial charge in [0.2, 0.25) is 0 Å². The molecule has 0 aromatic carbocycles. The zero-order valence-electron chi connectivity index (χ0n) is 6.82. The van der Waals surface area contributed by atoms with Gasteiger partial charge in [0, 0.05) is 15.3 Å². The molecule has 2 heteroatoms. The summed E-state index contributed by atoms with van der Waals surface area (Å²) in [6, 6.07) is 0. The second kappa shape index (κ2) is 3.06. The quantitative estimate of drug-likeness (QED) is 0.426. The lowest BCUT2D eigenvalue weighted by atomic mass is 10.2. The molecule has 1 nitrogen and oxygen atoms in total. The van der Waals surface area contributed by atoms with Crippen molar-refractivity contribution in [1.29, 1.82) is 0 Å². The summed E-state index contributed by atoms with van der Waals surface area (Å²) in [5.74, 6) is 0.927. The van der Waals surface area contributed by atoms with Gasteiger partial charge in [0.25, 0.3) is 0 Å². The van der Waals surface area contributed by atoms with Gasteiger partial charge in [0.05, 0.1) is 12.4 Å². The molecule has 0 aliphatic rings. The van der Waals surface area contributed by atoms with E-state index >= 15 is 0 Å². The highest BCUT2D eigenvalue weighted by atomic mass is 28.1. The van der Waals surface area contributed by atoms with E-state index in [0.717, 1.165) is 22.6 Å². The normalized spacial score (nSPS) is 11.4. The van der Waals surface area contributed by atoms with Crippen molar-refractivity contribution in [1.82, 2.24) is 0 Å². The van der Waals surface area contributed by atoms with Crippen molar-refractivity contribution in [3.63, 3.8) is 0 Å². The van der Waals surface area contributed by atoms with Crippen LogP contribution in [0.4, 0.5) is 0 Å². The van der Waals surface area contributed by atoms with Gasteiger partial charge in [-0.25, -0.2) is 0 Å². The Morgan fingerprint density at radius 1 is 1.67 bits per heavy atom. The Bertz CT molecular complexity index is 102. The predicted octanol–water partition coefficient (Wildman–Crippen LogP) is 1.10. The summed E-state index contributed by atoms with van der Waals surface area (Å²) in [4.78, 5) is 0. The average Bonchev–Trinajstić information content (AvgIpc) is 1.64. The summed E-state index contributed by atoms with van der Waals surface area (Å²) in [5.41, 5.74) is 0. The molecule has 54 valence electrons. The molecule has 0 aliphatic heterocycles. The lowest BCUT2D eigenvalue weighted by Gasteiger charge is -2.20. The van der Waals surface area contributed by atoms with Crippen LogP contribution in [0.1, 0.15) is 20.8 Å². The summed E-state index contributed by atoms with van der Waals surface area (Å²) in [7, 11) is 1.10. The summed E-state index contributed by atoms with van der Waals surface area (Å²) < 4.78 is 5.25. The van der Waals surface area contributed by atoms with Crippen molar-refractivity contribution in [2.45, 2.75) is 25.8 Å². The van der Waals surface area contributed by atoms with Crippen molar-refractivity contribution in [2.24, 2.45) is 0 Å². The zero-order chi connectivity index (χ0) is 7.49. The SMILES string of the molecule is C=C(OCC)C(C)(C)[SiH3]. The monoisotopic (exact) mass is 144 g/mol. The topological polar surface area (TPSA) is 9.23 Å². The van der Waals surface area contributed by atoms with Gasteiger partial charge < -0.3 is 4.74 Å². The number of rotatable bonds is 3. The first-order valence-electron chi connectivity index (χ1n) is 3.30. The van der Waals surface area contributed by atoms with Gasteiger partial charge in [0.1, 0.15) is 0 Å². The Balaban J connectivity index is 3.74. The van der Waals surface area contributed by atoms with E-state index in [1.807, 2.05) is 6.92 Å². The fraction of sp³-hybridized carbons (Fsp3) is 0.714. The fourth-order valence-corrected chi connectivity index (χ4v) is 0.535. The molecule has 0 aromatic rings. The van der Waals surface area contributed by atoms with Gasteiger partial charge in [-0.1, -0.05) is 20.4 Å². The lowest BCUT2D eigenvalue weighted by molar-refractivity contribution is 0.206. The van der Waals surface area contributed by atoms with E-state index in [1.165, 1.54) is 0 Å². The summed E-state index contributed by atoms with van der Waals surface area (Å²) in [5, 5.41) is 0.232. The molecular formula is C7H16OSi. The summed E-state index contributed by atoms with van der Waals surface area (Å²) in [6.07, 6.45) is 0. The number of hydrogen-bond donors (Lipinski definition) is 0. The highest BCUT2D eigenvalue weighted by Crippen LogP contribution is 2.28. The van der Waals surface area contributed by atoms with Crippen molar-refractivity contribution in [2.75, 3.05) is 6.61 Å². The first-order valence-corrected chi connectivity index (χ1v) is 4.30. The Morgan fingerprint density at radius 2 is 2.11 bits per heavy atom. The van der Waals surface area contributed by atoms with Crippen LogP contribution >= 0.6 is 0 Å². The van der Waals surface area contributed by atoms with Crippen LogP contribution in [0.5, 0.6) is 0 Å². The maximum absolute atomic E-state index is 5.25. The Labute approximate surface area is 60.5 Å². The van der Waals surface area contributed by atoms with Crippen LogP contribution in [0.25, 0.3) is 0 Å². The Morgan fingerprint density at radius 3 is 2.22 bits per heavy atom. The lowest BCUT2D eigenvalue weighted by Crippen LogP contribution is -2.08. The summed E-state index contributed by atoms with van der Waals surface area (Å²) >= 11 is 0. The van der Waals surface area contributed by atoms with Crippen LogP contribution in [0, 0.1) is 0 Å². The van der Waals surface area contributed by atoms with E-state index < -0.39 is 0 Å². The van der Waals surface area contributed by atoms with Crippen LogP contribution in [-0.4, -0.2) is 16.8 Å². The number of allylic oxidation sites excluding steroid dienone is 1. The third-order valence-electron chi connectivity index (χ3n) is 1.16. The third kappa shape index (κ3) is 3.35. The molecule has 0 fully saturated rings. The molecule has 0 atom stereocenters. The van der Waals surface area contributed by atoms with Crippen LogP contribution < -0.4 is 0 Å². The number of hydrogen-bond acceptors (Lipinski definition) is 1. The average molecular weight is 144 g/mol. The van der Waals surface area contributed by atoms with Crippen molar-refractivity contribution >= 4 is 10.2 Å². The highest BCUT2D eigenvalue weighted by Gasteiger charge is 2.14. The number of ether oxygens (including phenoxy) is 1. The highest BCUT2D eigenvalue weighted by molar-refractivity contribution is 6.16. The first kappa shape index (κ1) is 8.76. The molecule has 0 spiro atoms. The van der Waals surface area contributed by atoms with E-state index in [0.29, 0.717) is 0 Å². The molecule has 9 heavy (non-hydrogen) atoms. The Hall–Kier alpha value is -0.243. The van der Waals surface area contributed by atoms with Gasteiger partial charge in [0.15, 0.2) is 0 Å². The van der Waals surface area contributed by atoms with Crippen LogP contribution in [0.2, 0.25) is 5.04 Å². The van der Waals surface area contributed by atoms with E-state index in [2.05, 4.69) is 20.4 Å². The largest absolute Gasteiger partial charge is 0.499 e. The maximum Gasteiger partial charge on any atom is 0.0906 e. The molecule has 0 saturated carbocycles.